The van der Waals surface area contributed by atoms with Crippen LogP contribution in [0.4, 0.5) is 0 Å². The van der Waals surface area contributed by atoms with Crippen LogP contribution in [0.1, 0.15) is 34.6 Å². The molecule has 23 heavy (non-hydrogen) atoms. The Morgan fingerprint density at radius 1 is 1.13 bits per heavy atom. The molecule has 0 aromatic heterocycles. The molecule has 8 heteroatoms. The van der Waals surface area contributed by atoms with E-state index >= 15 is 0 Å². The normalized spacial score (nSPS) is 31.8. The highest BCUT2D eigenvalue weighted by Gasteiger charge is 2.49. The van der Waals surface area contributed by atoms with Crippen molar-refractivity contribution in [3.63, 3.8) is 0 Å². The van der Waals surface area contributed by atoms with Gasteiger partial charge in [-0.15, -0.1) is 0 Å². The summed E-state index contributed by atoms with van der Waals surface area (Å²) in [4.78, 5) is 34.0. The number of hydrogen-bond acceptors (Lipinski definition) is 7. The summed E-state index contributed by atoms with van der Waals surface area (Å²) in [5.41, 5.74) is 0. The Morgan fingerprint density at radius 2 is 1.65 bits per heavy atom. The SMILES string of the molecule is CC(=O)NC(C)[C@@H]1OC(CO)[C@H](OC(C)=O)[C@H](OC(C)=O)C1C. The van der Waals surface area contributed by atoms with Gasteiger partial charge in [0, 0.05) is 26.7 Å². The van der Waals surface area contributed by atoms with E-state index in [0.717, 1.165) is 0 Å². The zero-order valence-electron chi connectivity index (χ0n) is 14.1. The van der Waals surface area contributed by atoms with Gasteiger partial charge in [-0.05, 0) is 6.92 Å². The van der Waals surface area contributed by atoms with E-state index in [-0.39, 0.29) is 17.9 Å². The average molecular weight is 331 g/mol. The fourth-order valence-corrected chi connectivity index (χ4v) is 2.92. The molecule has 1 fully saturated rings. The molecule has 1 rings (SSSR count). The zero-order chi connectivity index (χ0) is 17.7. The van der Waals surface area contributed by atoms with Crippen LogP contribution in [0.15, 0.2) is 0 Å². The molecule has 1 saturated heterocycles. The van der Waals surface area contributed by atoms with E-state index in [2.05, 4.69) is 5.32 Å². The van der Waals surface area contributed by atoms with Crippen molar-refractivity contribution < 1.29 is 33.7 Å². The number of aliphatic hydroxyl groups excluding tert-OH is 1. The third-order valence-electron chi connectivity index (χ3n) is 3.77. The molecule has 8 nitrogen and oxygen atoms in total. The summed E-state index contributed by atoms with van der Waals surface area (Å²) in [7, 11) is 0. The number of ether oxygens (including phenoxy) is 3. The minimum atomic E-state index is -0.905. The lowest BCUT2D eigenvalue weighted by molar-refractivity contribution is -0.232. The Hall–Kier alpha value is -1.67. The van der Waals surface area contributed by atoms with Gasteiger partial charge in [0.1, 0.15) is 12.2 Å². The van der Waals surface area contributed by atoms with Crippen molar-refractivity contribution in [3.05, 3.63) is 0 Å². The van der Waals surface area contributed by atoms with Crippen molar-refractivity contribution in [2.45, 2.75) is 65.1 Å². The molecule has 1 heterocycles. The maximum Gasteiger partial charge on any atom is 0.303 e. The third kappa shape index (κ3) is 5.18. The summed E-state index contributed by atoms with van der Waals surface area (Å²) in [6.45, 7) is 7.00. The van der Waals surface area contributed by atoms with Gasteiger partial charge in [0.25, 0.3) is 0 Å². The number of nitrogens with one attached hydrogen (secondary N) is 1. The minimum Gasteiger partial charge on any atom is -0.458 e. The Morgan fingerprint density at radius 3 is 2.09 bits per heavy atom. The van der Waals surface area contributed by atoms with Gasteiger partial charge in [0.05, 0.1) is 18.8 Å². The standard InChI is InChI=1S/C15H25NO7/c1-7-13(8(2)16-9(3)18)23-12(6-17)15(22-11(5)20)14(7)21-10(4)19/h7-8,12-15,17H,6H2,1-5H3,(H,16,18)/t7?,8?,12?,13-,14-,15+/m1/s1. The van der Waals surface area contributed by atoms with E-state index in [0.29, 0.717) is 0 Å². The second-order valence-corrected chi connectivity index (χ2v) is 5.82. The maximum absolute atomic E-state index is 11.4. The topological polar surface area (TPSA) is 111 Å². The highest BCUT2D eigenvalue weighted by molar-refractivity contribution is 5.73. The van der Waals surface area contributed by atoms with Gasteiger partial charge in [-0.3, -0.25) is 14.4 Å². The highest BCUT2D eigenvalue weighted by atomic mass is 16.6. The van der Waals surface area contributed by atoms with E-state index in [1.165, 1.54) is 20.8 Å². The number of rotatable bonds is 5. The average Bonchev–Trinajstić information content (AvgIpc) is 2.41. The van der Waals surface area contributed by atoms with E-state index in [4.69, 9.17) is 14.2 Å². The van der Waals surface area contributed by atoms with E-state index in [1.54, 1.807) is 13.8 Å². The summed E-state index contributed by atoms with van der Waals surface area (Å²) in [6, 6.07) is -0.368. The zero-order valence-corrected chi connectivity index (χ0v) is 14.1. The van der Waals surface area contributed by atoms with Gasteiger partial charge in [0.2, 0.25) is 5.91 Å². The molecule has 0 spiro atoms. The summed E-state index contributed by atoms with van der Waals surface area (Å²) in [5, 5.41) is 12.3. The van der Waals surface area contributed by atoms with Crippen LogP contribution in [-0.4, -0.2) is 60.0 Å². The minimum absolute atomic E-state index is 0.222. The molecule has 132 valence electrons. The first kappa shape index (κ1) is 19.4. The first-order valence-electron chi connectivity index (χ1n) is 7.55. The molecule has 0 aromatic carbocycles. The summed E-state index contributed by atoms with van der Waals surface area (Å²) < 4.78 is 16.3. The summed E-state index contributed by atoms with van der Waals surface area (Å²) >= 11 is 0. The van der Waals surface area contributed by atoms with Crippen LogP contribution in [0, 0.1) is 5.92 Å². The number of carbonyl (C=O) groups excluding carboxylic acids is 3. The molecule has 0 aromatic rings. The van der Waals surface area contributed by atoms with Gasteiger partial charge in [-0.2, -0.15) is 0 Å². The molecule has 1 aliphatic rings. The van der Waals surface area contributed by atoms with Gasteiger partial charge in [-0.25, -0.2) is 0 Å². The Labute approximate surface area is 135 Å². The van der Waals surface area contributed by atoms with Gasteiger partial charge in [-0.1, -0.05) is 6.92 Å². The maximum atomic E-state index is 11.4. The molecule has 6 atom stereocenters. The quantitative estimate of drug-likeness (QED) is 0.669. The Kier molecular flexibility index (Phi) is 6.96. The smallest absolute Gasteiger partial charge is 0.303 e. The molecular formula is C15H25NO7. The molecule has 3 unspecified atom stereocenters. The molecule has 2 N–H and O–H groups in total. The van der Waals surface area contributed by atoms with Crippen molar-refractivity contribution in [2.24, 2.45) is 5.92 Å². The molecule has 0 saturated carbocycles. The second-order valence-electron chi connectivity index (χ2n) is 5.82. The lowest BCUT2D eigenvalue weighted by Crippen LogP contribution is -2.61. The largest absolute Gasteiger partial charge is 0.458 e. The first-order chi connectivity index (χ1) is 10.7. The van der Waals surface area contributed by atoms with Crippen LogP contribution >= 0.6 is 0 Å². The van der Waals surface area contributed by atoms with Crippen LogP contribution in [0.2, 0.25) is 0 Å². The molecule has 0 aliphatic carbocycles. The van der Waals surface area contributed by atoms with Crippen LogP contribution < -0.4 is 5.32 Å². The number of hydrogen-bond donors (Lipinski definition) is 2. The summed E-state index contributed by atoms with van der Waals surface area (Å²) in [6.07, 6.45) is -3.03. The molecule has 1 amide bonds. The van der Waals surface area contributed by atoms with Crippen molar-refractivity contribution in [1.29, 1.82) is 0 Å². The fraction of sp³-hybridized carbons (Fsp3) is 0.800. The van der Waals surface area contributed by atoms with Gasteiger partial charge < -0.3 is 24.6 Å². The molecule has 0 bridgehead atoms. The predicted molar refractivity (Wildman–Crippen MR) is 79.3 cm³/mol. The van der Waals surface area contributed by atoms with Gasteiger partial charge in [0.15, 0.2) is 6.10 Å². The number of amides is 1. The molecular weight excluding hydrogens is 306 g/mol. The van der Waals surface area contributed by atoms with Crippen LogP contribution in [0.25, 0.3) is 0 Å². The van der Waals surface area contributed by atoms with Crippen molar-refractivity contribution in [3.8, 4) is 0 Å². The lowest BCUT2D eigenvalue weighted by atomic mass is 9.84. The van der Waals surface area contributed by atoms with E-state index < -0.39 is 43.0 Å². The Balaban J connectivity index is 3.06. The van der Waals surface area contributed by atoms with Crippen molar-refractivity contribution >= 4 is 17.8 Å². The van der Waals surface area contributed by atoms with Crippen molar-refractivity contribution in [1.82, 2.24) is 5.32 Å². The first-order valence-corrected chi connectivity index (χ1v) is 7.55. The monoisotopic (exact) mass is 331 g/mol. The van der Waals surface area contributed by atoms with Gasteiger partial charge >= 0.3 is 11.9 Å². The van der Waals surface area contributed by atoms with Crippen molar-refractivity contribution in [2.75, 3.05) is 6.61 Å². The molecule has 0 radical (unpaired) electrons. The van der Waals surface area contributed by atoms with E-state index in [1.807, 2.05) is 0 Å². The predicted octanol–water partition coefficient (Wildman–Crippen LogP) is -0.230. The highest BCUT2D eigenvalue weighted by Crippen LogP contribution is 2.32. The number of esters is 2. The second kappa shape index (κ2) is 8.26. The number of carbonyl (C=O) groups is 3. The Bertz CT molecular complexity index is 453. The van der Waals surface area contributed by atoms with Crippen LogP contribution in [0.3, 0.4) is 0 Å². The van der Waals surface area contributed by atoms with Crippen LogP contribution in [-0.2, 0) is 28.6 Å². The van der Waals surface area contributed by atoms with Crippen LogP contribution in [0.5, 0.6) is 0 Å². The third-order valence-corrected chi connectivity index (χ3v) is 3.77. The van der Waals surface area contributed by atoms with E-state index in [9.17, 15) is 19.5 Å². The molecule has 1 aliphatic heterocycles. The number of aliphatic hydroxyl groups is 1. The lowest BCUT2D eigenvalue weighted by Gasteiger charge is -2.45. The fourth-order valence-electron chi connectivity index (χ4n) is 2.92. The summed E-state index contributed by atoms with van der Waals surface area (Å²) in [5.74, 6) is -1.66.